The average Bonchev–Trinajstić information content (AvgIpc) is 2.87. The number of hydrogen-bond acceptors (Lipinski definition) is 5. The fraction of sp³-hybridized carbons (Fsp3) is 0.533. The molecule has 0 saturated heterocycles. The summed E-state index contributed by atoms with van der Waals surface area (Å²) in [7, 11) is 0. The molecular formula is C30H43LiN2O3S. The zero-order chi connectivity index (χ0) is 26.3. The first-order chi connectivity index (χ1) is 17.4. The van der Waals surface area contributed by atoms with Crippen LogP contribution in [0.1, 0.15) is 73.9 Å². The third-order valence-corrected chi connectivity index (χ3v) is 7.20. The Kier molecular flexibility index (Phi) is 16.7. The van der Waals surface area contributed by atoms with E-state index in [0.29, 0.717) is 17.7 Å². The molecule has 1 N–H and O–H groups in total. The van der Waals surface area contributed by atoms with Crippen molar-refractivity contribution in [3.05, 3.63) is 59.2 Å². The van der Waals surface area contributed by atoms with Crippen LogP contribution in [0, 0.1) is 6.92 Å². The van der Waals surface area contributed by atoms with Crippen LogP contribution in [0.5, 0.6) is 0 Å². The number of hydrogen-bond donors (Lipinski definition) is 1. The number of carboxylic acids is 1. The summed E-state index contributed by atoms with van der Waals surface area (Å²) in [5.41, 5.74) is 4.60. The number of unbranched alkanes of at least 4 members (excludes halogenated alkanes) is 2. The number of nitrogens with one attached hydrogen (secondary N) is 1. The number of thioether (sulfide) groups is 1. The van der Waals surface area contributed by atoms with Crippen molar-refractivity contribution in [2.75, 3.05) is 31.6 Å². The summed E-state index contributed by atoms with van der Waals surface area (Å²) in [5, 5.41) is 14.3. The van der Waals surface area contributed by atoms with Crippen LogP contribution in [0.15, 0.2) is 42.5 Å². The summed E-state index contributed by atoms with van der Waals surface area (Å²) in [4.78, 5) is 27.4. The molecule has 1 amide bonds. The molecule has 7 heteroatoms. The normalized spacial score (nSPS) is 11.7. The Hall–Kier alpha value is -1.71. The second kappa shape index (κ2) is 18.5. The van der Waals surface area contributed by atoms with Gasteiger partial charge in [-0.2, -0.15) is 11.8 Å². The number of benzene rings is 2. The Bertz CT molecular complexity index is 962. The van der Waals surface area contributed by atoms with E-state index in [4.69, 9.17) is 0 Å². The molecule has 0 aliphatic rings. The van der Waals surface area contributed by atoms with E-state index in [0.717, 1.165) is 49.2 Å². The molecule has 0 unspecified atom stereocenters. The molecule has 0 heterocycles. The molecule has 0 saturated carbocycles. The minimum Gasteiger partial charge on any atom is -0.548 e. The first-order valence-corrected chi connectivity index (χ1v) is 14.7. The van der Waals surface area contributed by atoms with Crippen molar-refractivity contribution in [1.82, 2.24) is 10.2 Å². The maximum atomic E-state index is 13.2. The van der Waals surface area contributed by atoms with E-state index in [-0.39, 0.29) is 24.8 Å². The minimum absolute atomic E-state index is 0. The topological polar surface area (TPSA) is 72.5 Å². The molecule has 5 nitrogen and oxygen atoms in total. The number of nitrogens with zero attached hydrogens (tertiary/aromatic N) is 1. The number of rotatable bonds is 17. The molecule has 0 bridgehead atoms. The van der Waals surface area contributed by atoms with Crippen LogP contribution in [0.2, 0.25) is 0 Å². The molecule has 1 atom stereocenters. The molecule has 2 aromatic rings. The number of carbonyl (C=O) groups excluding carboxylic acids is 2. The average molecular weight is 519 g/mol. The van der Waals surface area contributed by atoms with Crippen molar-refractivity contribution < 1.29 is 33.6 Å². The van der Waals surface area contributed by atoms with Gasteiger partial charge in [0, 0.05) is 5.56 Å². The summed E-state index contributed by atoms with van der Waals surface area (Å²) >= 11 is 1.55. The molecule has 2 rings (SSSR count). The molecule has 0 aromatic heterocycles. The van der Waals surface area contributed by atoms with E-state index < -0.39 is 12.0 Å². The number of carboxylic acid groups (broad SMARTS) is 1. The van der Waals surface area contributed by atoms with E-state index in [9.17, 15) is 14.7 Å². The molecule has 0 fully saturated rings. The molecule has 37 heavy (non-hydrogen) atoms. The summed E-state index contributed by atoms with van der Waals surface area (Å²) in [6, 6.07) is 13.0. The van der Waals surface area contributed by atoms with Gasteiger partial charge in [0.05, 0.1) is 12.0 Å². The van der Waals surface area contributed by atoms with E-state index in [1.54, 1.807) is 11.8 Å². The van der Waals surface area contributed by atoms with Gasteiger partial charge < -0.3 is 20.1 Å². The van der Waals surface area contributed by atoms with Gasteiger partial charge in [-0.25, -0.2) is 0 Å². The summed E-state index contributed by atoms with van der Waals surface area (Å²) < 4.78 is 0. The number of aliphatic carboxylic acids is 1. The van der Waals surface area contributed by atoms with Crippen LogP contribution < -0.4 is 29.3 Å². The van der Waals surface area contributed by atoms with Gasteiger partial charge in [0.1, 0.15) is 0 Å². The van der Waals surface area contributed by atoms with Gasteiger partial charge in [0.15, 0.2) is 0 Å². The fourth-order valence-corrected chi connectivity index (χ4v) is 4.84. The monoisotopic (exact) mass is 518 g/mol. The van der Waals surface area contributed by atoms with Crippen molar-refractivity contribution in [3.8, 4) is 11.1 Å². The van der Waals surface area contributed by atoms with E-state index in [2.05, 4.69) is 30.1 Å². The SMILES string of the molecule is CCCCN(CCCC)CCCc1ccc(C(=O)N[C@@H](CCSC)C(=O)[O-])c(-c2ccccc2C)c1.[Li+]. The second-order valence-electron chi connectivity index (χ2n) is 9.47. The van der Waals surface area contributed by atoms with E-state index in [1.165, 1.54) is 31.2 Å². The van der Waals surface area contributed by atoms with Crippen LogP contribution in [0.25, 0.3) is 11.1 Å². The van der Waals surface area contributed by atoms with Crippen LogP contribution in [0.3, 0.4) is 0 Å². The Balaban J connectivity index is 0.00000684. The van der Waals surface area contributed by atoms with Crippen LogP contribution in [-0.4, -0.2) is 54.5 Å². The largest absolute Gasteiger partial charge is 1.00 e. The third kappa shape index (κ3) is 11.3. The smallest absolute Gasteiger partial charge is 0.548 e. The van der Waals surface area contributed by atoms with Crippen molar-refractivity contribution in [2.45, 2.75) is 71.8 Å². The second-order valence-corrected chi connectivity index (χ2v) is 10.5. The zero-order valence-corrected chi connectivity index (χ0v) is 24.3. The standard InChI is InChI=1S/C30H44N2O3S.Li/c1-5-7-18-32(19-8-6-2)20-11-13-24-15-16-26(27(22-24)25-14-10-9-12-23(25)3)29(33)31-28(30(34)35)17-21-36-4;/h9-10,12,14-16,22,28H,5-8,11,13,17-21H2,1-4H3,(H,31,33)(H,34,35);/q;+1/p-1/t28-;/m0./s1. The predicted octanol–water partition coefficient (Wildman–Crippen LogP) is 2.10. The fourth-order valence-electron chi connectivity index (χ4n) is 4.37. The quantitative estimate of drug-likeness (QED) is 0.325. The van der Waals surface area contributed by atoms with Gasteiger partial charge in [0.25, 0.3) is 5.91 Å². The molecule has 198 valence electrons. The maximum absolute atomic E-state index is 13.2. The van der Waals surface area contributed by atoms with Gasteiger partial charge in [-0.1, -0.05) is 63.1 Å². The van der Waals surface area contributed by atoms with Crippen LogP contribution in [-0.2, 0) is 11.2 Å². The molecule has 0 spiro atoms. The van der Waals surface area contributed by atoms with Gasteiger partial charge >= 0.3 is 18.9 Å². The third-order valence-electron chi connectivity index (χ3n) is 6.56. The van der Waals surface area contributed by atoms with Gasteiger partial charge in [-0.15, -0.1) is 0 Å². The van der Waals surface area contributed by atoms with Gasteiger partial charge in [-0.05, 0) is 99.0 Å². The predicted molar refractivity (Wildman–Crippen MR) is 150 cm³/mol. The Morgan fingerprint density at radius 3 is 2.22 bits per heavy atom. The maximum Gasteiger partial charge on any atom is 1.00 e. The summed E-state index contributed by atoms with van der Waals surface area (Å²) in [6.45, 7) is 9.89. The van der Waals surface area contributed by atoms with Gasteiger partial charge in [-0.3, -0.25) is 4.79 Å². The van der Waals surface area contributed by atoms with Crippen LogP contribution >= 0.6 is 11.8 Å². The van der Waals surface area contributed by atoms with E-state index >= 15 is 0 Å². The van der Waals surface area contributed by atoms with Crippen LogP contribution in [0.4, 0.5) is 0 Å². The van der Waals surface area contributed by atoms with Crippen molar-refractivity contribution in [1.29, 1.82) is 0 Å². The van der Waals surface area contributed by atoms with Crippen molar-refractivity contribution in [2.24, 2.45) is 0 Å². The Morgan fingerprint density at radius 2 is 1.62 bits per heavy atom. The molecule has 2 aromatic carbocycles. The first kappa shape index (κ1) is 33.3. The van der Waals surface area contributed by atoms with Gasteiger partial charge in [0.2, 0.25) is 0 Å². The molecule has 0 aliphatic carbocycles. The summed E-state index contributed by atoms with van der Waals surface area (Å²) in [5.74, 6) is -0.988. The first-order valence-electron chi connectivity index (χ1n) is 13.3. The Morgan fingerprint density at radius 1 is 0.973 bits per heavy atom. The summed E-state index contributed by atoms with van der Waals surface area (Å²) in [6.07, 6.45) is 9.13. The van der Waals surface area contributed by atoms with Crippen molar-refractivity contribution >= 4 is 23.6 Å². The molecule has 0 radical (unpaired) electrons. The molecule has 0 aliphatic heterocycles. The molecular weight excluding hydrogens is 475 g/mol. The van der Waals surface area contributed by atoms with E-state index in [1.807, 2.05) is 49.6 Å². The Labute approximate surface area is 240 Å². The zero-order valence-electron chi connectivity index (χ0n) is 23.5. The number of aryl methyl sites for hydroxylation is 2. The number of amides is 1. The number of carbonyl (C=O) groups is 2. The minimum atomic E-state index is -1.25. The van der Waals surface area contributed by atoms with Crippen molar-refractivity contribution in [3.63, 3.8) is 0 Å².